The van der Waals surface area contributed by atoms with E-state index in [0.717, 1.165) is 37.7 Å². The van der Waals surface area contributed by atoms with Crippen molar-refractivity contribution in [3.8, 4) is 0 Å². The van der Waals surface area contributed by atoms with Gasteiger partial charge >= 0.3 is 0 Å². The molecule has 108 valence electrons. The highest BCUT2D eigenvalue weighted by Crippen LogP contribution is 2.43. The van der Waals surface area contributed by atoms with E-state index < -0.39 is 0 Å². The number of rotatable bonds is 0. The van der Waals surface area contributed by atoms with Crippen molar-refractivity contribution in [1.82, 2.24) is 9.80 Å². The third-order valence-corrected chi connectivity index (χ3v) is 6.18. The van der Waals surface area contributed by atoms with Gasteiger partial charge in [-0.2, -0.15) is 0 Å². The number of hydrogen-bond donors (Lipinski definition) is 0. The molecule has 1 fully saturated rings. The van der Waals surface area contributed by atoms with Gasteiger partial charge < -0.3 is 9.80 Å². The van der Waals surface area contributed by atoms with E-state index in [0.29, 0.717) is 0 Å². The van der Waals surface area contributed by atoms with E-state index in [9.17, 15) is 0 Å². The molecule has 0 amide bonds. The van der Waals surface area contributed by atoms with Crippen LogP contribution in [-0.2, 0) is 0 Å². The van der Waals surface area contributed by atoms with Crippen molar-refractivity contribution in [3.63, 3.8) is 0 Å². The number of aliphatic imine (C=N–C) groups is 1. The number of amidine groups is 1. The summed E-state index contributed by atoms with van der Waals surface area (Å²) < 4.78 is 1.36. The minimum absolute atomic E-state index is 1.05. The SMILES string of the molecule is CN1CCN(C2=Nc3ccccc3Sc3sccc32)CC1. The first-order valence-electron chi connectivity index (χ1n) is 7.18. The molecular formula is C16H17N3S2. The lowest BCUT2D eigenvalue weighted by Crippen LogP contribution is -2.47. The van der Waals surface area contributed by atoms with Gasteiger partial charge in [0.25, 0.3) is 0 Å². The summed E-state index contributed by atoms with van der Waals surface area (Å²) >= 11 is 3.66. The monoisotopic (exact) mass is 315 g/mol. The van der Waals surface area contributed by atoms with E-state index in [1.807, 2.05) is 23.1 Å². The molecule has 3 heterocycles. The molecule has 0 radical (unpaired) electrons. The Hall–Kier alpha value is -1.30. The lowest BCUT2D eigenvalue weighted by Gasteiger charge is -2.34. The number of benzene rings is 1. The predicted octanol–water partition coefficient (Wildman–Crippen LogP) is 3.54. The molecule has 0 N–H and O–H groups in total. The van der Waals surface area contributed by atoms with Crippen molar-refractivity contribution in [1.29, 1.82) is 0 Å². The molecule has 2 aromatic rings. The van der Waals surface area contributed by atoms with Crippen molar-refractivity contribution < 1.29 is 0 Å². The Labute approximate surface area is 133 Å². The maximum atomic E-state index is 5.01. The Morgan fingerprint density at radius 1 is 1.05 bits per heavy atom. The van der Waals surface area contributed by atoms with Crippen molar-refractivity contribution in [3.05, 3.63) is 41.3 Å². The topological polar surface area (TPSA) is 18.8 Å². The average Bonchev–Trinajstić information content (AvgIpc) is 2.89. The highest BCUT2D eigenvalue weighted by Gasteiger charge is 2.24. The number of piperazine rings is 1. The lowest BCUT2D eigenvalue weighted by atomic mass is 10.2. The first kappa shape index (κ1) is 13.4. The molecule has 0 atom stereocenters. The molecule has 0 unspecified atom stereocenters. The maximum Gasteiger partial charge on any atom is 0.138 e. The summed E-state index contributed by atoms with van der Waals surface area (Å²) in [5.41, 5.74) is 2.39. The highest BCUT2D eigenvalue weighted by molar-refractivity contribution is 8.01. The Bertz CT molecular complexity index is 684. The van der Waals surface area contributed by atoms with Crippen LogP contribution < -0.4 is 0 Å². The van der Waals surface area contributed by atoms with Crippen molar-refractivity contribution in [2.45, 2.75) is 9.10 Å². The second-order valence-electron chi connectivity index (χ2n) is 5.42. The fraction of sp³-hybridized carbons (Fsp3) is 0.312. The van der Waals surface area contributed by atoms with Crippen LogP contribution in [0.15, 0.2) is 49.8 Å². The van der Waals surface area contributed by atoms with Crippen LogP contribution in [-0.4, -0.2) is 48.9 Å². The molecule has 1 aromatic heterocycles. The zero-order chi connectivity index (χ0) is 14.2. The van der Waals surface area contributed by atoms with Crippen LogP contribution in [0.1, 0.15) is 5.56 Å². The Morgan fingerprint density at radius 3 is 2.71 bits per heavy atom. The summed E-state index contributed by atoms with van der Waals surface area (Å²) in [6.07, 6.45) is 0. The summed E-state index contributed by atoms with van der Waals surface area (Å²) in [5, 5.41) is 2.18. The van der Waals surface area contributed by atoms with Crippen molar-refractivity contribution in [2.75, 3.05) is 33.2 Å². The van der Waals surface area contributed by atoms with E-state index in [4.69, 9.17) is 4.99 Å². The zero-order valence-electron chi connectivity index (χ0n) is 12.0. The number of likely N-dealkylation sites (N-methyl/N-ethyl adjacent to an activating group) is 1. The third-order valence-electron chi connectivity index (χ3n) is 3.97. The number of nitrogens with zero attached hydrogens (tertiary/aromatic N) is 3. The Morgan fingerprint density at radius 2 is 1.86 bits per heavy atom. The lowest BCUT2D eigenvalue weighted by molar-refractivity contribution is 0.215. The minimum Gasteiger partial charge on any atom is -0.353 e. The zero-order valence-corrected chi connectivity index (χ0v) is 13.6. The molecule has 0 spiro atoms. The molecule has 5 heteroatoms. The molecule has 0 bridgehead atoms. The normalized spacial score (nSPS) is 18.7. The highest BCUT2D eigenvalue weighted by atomic mass is 32.2. The molecular weight excluding hydrogens is 298 g/mol. The fourth-order valence-corrected chi connectivity index (χ4v) is 4.79. The second kappa shape index (κ2) is 5.48. The van der Waals surface area contributed by atoms with Crippen LogP contribution in [0.5, 0.6) is 0 Å². The van der Waals surface area contributed by atoms with Gasteiger partial charge in [-0.05, 0) is 30.6 Å². The molecule has 21 heavy (non-hydrogen) atoms. The molecule has 2 aliphatic rings. The van der Waals surface area contributed by atoms with Gasteiger partial charge in [0, 0.05) is 36.6 Å². The first-order valence-corrected chi connectivity index (χ1v) is 8.88. The van der Waals surface area contributed by atoms with Crippen LogP contribution in [0.4, 0.5) is 5.69 Å². The van der Waals surface area contributed by atoms with Gasteiger partial charge in [-0.25, -0.2) is 4.99 Å². The Balaban J connectivity index is 1.79. The van der Waals surface area contributed by atoms with Gasteiger partial charge in [-0.3, -0.25) is 0 Å². The molecule has 0 aliphatic carbocycles. The first-order chi connectivity index (χ1) is 10.3. The van der Waals surface area contributed by atoms with Crippen LogP contribution in [0.25, 0.3) is 0 Å². The Kier molecular flexibility index (Phi) is 3.49. The van der Waals surface area contributed by atoms with Gasteiger partial charge in [0.1, 0.15) is 5.84 Å². The van der Waals surface area contributed by atoms with E-state index in [1.54, 1.807) is 0 Å². The van der Waals surface area contributed by atoms with Crippen LogP contribution in [0.2, 0.25) is 0 Å². The standard InChI is InChI=1S/C16H17N3S2/c1-18-7-9-19(10-8-18)15-12-6-11-20-16(12)21-14-5-3-2-4-13(14)17-15/h2-6,11H,7-10H2,1H3. The summed E-state index contributed by atoms with van der Waals surface area (Å²) in [7, 11) is 2.19. The van der Waals surface area contributed by atoms with Crippen LogP contribution >= 0.6 is 23.1 Å². The minimum atomic E-state index is 1.05. The number of thiophene rings is 1. The van der Waals surface area contributed by atoms with E-state index in [1.165, 1.54) is 14.7 Å². The average molecular weight is 315 g/mol. The van der Waals surface area contributed by atoms with E-state index in [-0.39, 0.29) is 0 Å². The number of fused-ring (bicyclic) bond motifs is 2. The van der Waals surface area contributed by atoms with E-state index in [2.05, 4.69) is 52.6 Å². The van der Waals surface area contributed by atoms with Crippen LogP contribution in [0, 0.1) is 0 Å². The smallest absolute Gasteiger partial charge is 0.138 e. The number of para-hydroxylation sites is 1. The molecule has 0 saturated carbocycles. The molecule has 1 saturated heterocycles. The van der Waals surface area contributed by atoms with E-state index >= 15 is 0 Å². The second-order valence-corrected chi connectivity index (χ2v) is 7.64. The van der Waals surface area contributed by atoms with Gasteiger partial charge in [-0.15, -0.1) is 11.3 Å². The van der Waals surface area contributed by atoms with Gasteiger partial charge in [-0.1, -0.05) is 23.9 Å². The fourth-order valence-electron chi connectivity index (χ4n) is 2.71. The quantitative estimate of drug-likeness (QED) is 0.741. The number of hydrogen-bond acceptors (Lipinski definition) is 5. The van der Waals surface area contributed by atoms with Crippen LogP contribution in [0.3, 0.4) is 0 Å². The van der Waals surface area contributed by atoms with Gasteiger partial charge in [0.05, 0.1) is 9.90 Å². The molecule has 1 aromatic carbocycles. The predicted molar refractivity (Wildman–Crippen MR) is 90.2 cm³/mol. The van der Waals surface area contributed by atoms with Crippen molar-refractivity contribution in [2.24, 2.45) is 4.99 Å². The summed E-state index contributed by atoms with van der Waals surface area (Å²) in [5.74, 6) is 1.15. The summed E-state index contributed by atoms with van der Waals surface area (Å²) in [6.45, 7) is 4.31. The molecule has 3 nitrogen and oxygen atoms in total. The largest absolute Gasteiger partial charge is 0.353 e. The summed E-state index contributed by atoms with van der Waals surface area (Å²) in [4.78, 5) is 11.1. The third kappa shape index (κ3) is 2.50. The molecule has 4 rings (SSSR count). The molecule has 2 aliphatic heterocycles. The van der Waals surface area contributed by atoms with Gasteiger partial charge in [0.2, 0.25) is 0 Å². The van der Waals surface area contributed by atoms with Gasteiger partial charge in [0.15, 0.2) is 0 Å². The van der Waals surface area contributed by atoms with Crippen molar-refractivity contribution >= 4 is 34.6 Å². The summed E-state index contributed by atoms with van der Waals surface area (Å²) in [6, 6.07) is 10.7. The maximum absolute atomic E-state index is 5.01.